The van der Waals surface area contributed by atoms with Crippen LogP contribution in [0, 0.1) is 0 Å². The van der Waals surface area contributed by atoms with Crippen LogP contribution in [0.25, 0.3) is 0 Å². The van der Waals surface area contributed by atoms with Gasteiger partial charge in [-0.2, -0.15) is 5.10 Å². The summed E-state index contributed by atoms with van der Waals surface area (Å²) in [5.41, 5.74) is 0. The molecule has 1 amide bonds. The quantitative estimate of drug-likeness (QED) is 0.606. The lowest BCUT2D eigenvalue weighted by Crippen LogP contribution is -2.26. The molecular formula is C7H7ClN4O. The number of rotatable bonds is 1. The van der Waals surface area contributed by atoms with Crippen molar-refractivity contribution >= 4 is 23.5 Å². The van der Waals surface area contributed by atoms with Crippen molar-refractivity contribution in [3.63, 3.8) is 0 Å². The van der Waals surface area contributed by atoms with Gasteiger partial charge in [-0.15, -0.1) is 16.7 Å². The summed E-state index contributed by atoms with van der Waals surface area (Å²) in [7, 11) is 0. The number of aromatic nitrogens is 3. The first-order valence-electron chi connectivity index (χ1n) is 3.85. The maximum atomic E-state index is 11.3. The van der Waals surface area contributed by atoms with Gasteiger partial charge in [-0.1, -0.05) is 0 Å². The maximum absolute atomic E-state index is 11.3. The van der Waals surface area contributed by atoms with E-state index >= 15 is 0 Å². The number of amides is 1. The summed E-state index contributed by atoms with van der Waals surface area (Å²) in [4.78, 5) is 16.7. The zero-order valence-corrected chi connectivity index (χ0v) is 7.48. The summed E-state index contributed by atoms with van der Waals surface area (Å²) in [6.07, 6.45) is 3.30. The second kappa shape index (κ2) is 3.26. The van der Waals surface area contributed by atoms with Crippen LogP contribution in [0.5, 0.6) is 0 Å². The monoisotopic (exact) mass is 198 g/mol. The van der Waals surface area contributed by atoms with E-state index < -0.39 is 0 Å². The lowest BCUT2D eigenvalue weighted by molar-refractivity contribution is -0.117. The highest BCUT2D eigenvalue weighted by Gasteiger charge is 2.30. The largest absolute Gasteiger partial charge is 0.278 e. The number of halogens is 1. The SMILES string of the molecule is O=C1CC(Cl)CN1c1nccnn1. The topological polar surface area (TPSA) is 59.0 Å². The van der Waals surface area contributed by atoms with Crippen molar-refractivity contribution in [1.29, 1.82) is 0 Å². The van der Waals surface area contributed by atoms with Gasteiger partial charge in [0.2, 0.25) is 5.91 Å². The summed E-state index contributed by atoms with van der Waals surface area (Å²) < 4.78 is 0. The number of carbonyl (C=O) groups excluding carboxylic acids is 1. The Hall–Kier alpha value is -1.23. The van der Waals surface area contributed by atoms with Crippen molar-refractivity contribution < 1.29 is 4.79 Å². The molecule has 0 bridgehead atoms. The Morgan fingerprint density at radius 1 is 1.54 bits per heavy atom. The predicted molar refractivity (Wildman–Crippen MR) is 46.4 cm³/mol. The van der Waals surface area contributed by atoms with E-state index in [1.165, 1.54) is 17.3 Å². The number of nitrogens with zero attached hydrogens (tertiary/aromatic N) is 4. The van der Waals surface area contributed by atoms with E-state index in [-0.39, 0.29) is 11.3 Å². The van der Waals surface area contributed by atoms with Crippen molar-refractivity contribution in [2.24, 2.45) is 0 Å². The van der Waals surface area contributed by atoms with Gasteiger partial charge in [0.15, 0.2) is 0 Å². The third-order valence-corrected chi connectivity index (χ3v) is 2.08. The molecule has 1 unspecified atom stereocenters. The van der Waals surface area contributed by atoms with Crippen LogP contribution in [0.3, 0.4) is 0 Å². The Bertz CT molecular complexity index is 318. The normalized spacial score (nSPS) is 22.4. The average Bonchev–Trinajstić information content (AvgIpc) is 2.47. The molecule has 2 heterocycles. The van der Waals surface area contributed by atoms with Gasteiger partial charge in [-0.25, -0.2) is 4.98 Å². The number of hydrogen-bond donors (Lipinski definition) is 0. The molecule has 5 nitrogen and oxygen atoms in total. The van der Waals surface area contributed by atoms with Crippen LogP contribution in [0.15, 0.2) is 12.4 Å². The highest BCUT2D eigenvalue weighted by molar-refractivity contribution is 6.24. The van der Waals surface area contributed by atoms with E-state index in [9.17, 15) is 4.79 Å². The van der Waals surface area contributed by atoms with Crippen LogP contribution < -0.4 is 4.90 Å². The van der Waals surface area contributed by atoms with Crippen LogP contribution in [0.1, 0.15) is 6.42 Å². The molecule has 1 aromatic rings. The minimum absolute atomic E-state index is 0.0481. The molecule has 13 heavy (non-hydrogen) atoms. The maximum Gasteiger partial charge on any atom is 0.252 e. The van der Waals surface area contributed by atoms with Crippen LogP contribution in [0.2, 0.25) is 0 Å². The van der Waals surface area contributed by atoms with E-state index in [0.717, 1.165) is 0 Å². The molecule has 1 aliphatic rings. The van der Waals surface area contributed by atoms with E-state index in [1.807, 2.05) is 0 Å². The van der Waals surface area contributed by atoms with Crippen LogP contribution in [0.4, 0.5) is 5.95 Å². The molecule has 0 N–H and O–H groups in total. The molecule has 1 saturated heterocycles. The molecule has 6 heteroatoms. The summed E-state index contributed by atoms with van der Waals surface area (Å²) in [5, 5.41) is 7.23. The van der Waals surface area contributed by atoms with E-state index in [1.54, 1.807) is 0 Å². The zero-order valence-electron chi connectivity index (χ0n) is 6.72. The van der Waals surface area contributed by atoms with Crippen LogP contribution in [-0.2, 0) is 4.79 Å². The lowest BCUT2D eigenvalue weighted by atomic mass is 10.4. The first-order chi connectivity index (χ1) is 6.27. The molecular weight excluding hydrogens is 192 g/mol. The number of alkyl halides is 1. The van der Waals surface area contributed by atoms with Crippen molar-refractivity contribution in [2.75, 3.05) is 11.4 Å². The molecule has 1 aliphatic heterocycles. The van der Waals surface area contributed by atoms with Gasteiger partial charge >= 0.3 is 0 Å². The highest BCUT2D eigenvalue weighted by atomic mass is 35.5. The first kappa shape index (κ1) is 8.37. The Labute approximate surface area is 79.7 Å². The first-order valence-corrected chi connectivity index (χ1v) is 4.29. The van der Waals surface area contributed by atoms with Crippen molar-refractivity contribution in [3.8, 4) is 0 Å². The second-order valence-corrected chi connectivity index (χ2v) is 3.37. The van der Waals surface area contributed by atoms with Crippen molar-refractivity contribution in [3.05, 3.63) is 12.4 Å². The standard InChI is InChI=1S/C7H7ClN4O/c8-5-3-6(13)12(4-5)7-9-1-2-10-11-7/h1-2,5H,3-4H2. The Morgan fingerprint density at radius 2 is 2.38 bits per heavy atom. The van der Waals surface area contributed by atoms with Gasteiger partial charge in [0.25, 0.3) is 5.95 Å². The second-order valence-electron chi connectivity index (χ2n) is 2.75. The summed E-state index contributed by atoms with van der Waals surface area (Å²) in [6, 6.07) is 0. The fourth-order valence-corrected chi connectivity index (χ4v) is 1.49. The van der Waals surface area contributed by atoms with E-state index in [0.29, 0.717) is 18.9 Å². The molecule has 0 saturated carbocycles. The van der Waals surface area contributed by atoms with Crippen LogP contribution >= 0.6 is 11.6 Å². The molecule has 0 aliphatic carbocycles. The Morgan fingerprint density at radius 3 is 2.92 bits per heavy atom. The van der Waals surface area contributed by atoms with Gasteiger partial charge in [-0.3, -0.25) is 9.69 Å². The zero-order chi connectivity index (χ0) is 9.26. The molecule has 0 spiro atoms. The van der Waals surface area contributed by atoms with E-state index in [2.05, 4.69) is 15.2 Å². The lowest BCUT2D eigenvalue weighted by Gasteiger charge is -2.10. The van der Waals surface area contributed by atoms with Crippen LogP contribution in [-0.4, -0.2) is 33.0 Å². The molecule has 0 radical (unpaired) electrons. The van der Waals surface area contributed by atoms with Gasteiger partial charge < -0.3 is 0 Å². The fraction of sp³-hybridized carbons (Fsp3) is 0.429. The van der Waals surface area contributed by atoms with Gasteiger partial charge in [0.1, 0.15) is 0 Å². The van der Waals surface area contributed by atoms with Gasteiger partial charge in [0, 0.05) is 13.0 Å². The van der Waals surface area contributed by atoms with E-state index in [4.69, 9.17) is 11.6 Å². The Balaban J connectivity index is 2.23. The Kier molecular flexibility index (Phi) is 2.10. The molecule has 2 rings (SSSR count). The number of anilines is 1. The average molecular weight is 199 g/mol. The summed E-state index contributed by atoms with van der Waals surface area (Å²) >= 11 is 5.81. The smallest absolute Gasteiger partial charge is 0.252 e. The molecule has 1 atom stereocenters. The van der Waals surface area contributed by atoms with Gasteiger partial charge in [0.05, 0.1) is 17.8 Å². The third-order valence-electron chi connectivity index (χ3n) is 1.79. The van der Waals surface area contributed by atoms with Crippen molar-refractivity contribution in [1.82, 2.24) is 15.2 Å². The van der Waals surface area contributed by atoms with Crippen molar-refractivity contribution in [2.45, 2.75) is 11.8 Å². The number of carbonyl (C=O) groups is 1. The minimum Gasteiger partial charge on any atom is -0.278 e. The summed E-state index contributed by atoms with van der Waals surface area (Å²) in [5.74, 6) is 0.281. The molecule has 1 fully saturated rings. The third kappa shape index (κ3) is 1.60. The van der Waals surface area contributed by atoms with Gasteiger partial charge in [-0.05, 0) is 0 Å². The molecule has 0 aromatic carbocycles. The molecule has 68 valence electrons. The predicted octanol–water partition coefficient (Wildman–Crippen LogP) is 0.216. The summed E-state index contributed by atoms with van der Waals surface area (Å²) in [6.45, 7) is 0.464. The highest BCUT2D eigenvalue weighted by Crippen LogP contribution is 2.19. The number of hydrogen-bond acceptors (Lipinski definition) is 4. The molecule has 1 aromatic heterocycles. The fourth-order valence-electron chi connectivity index (χ4n) is 1.22. The minimum atomic E-state index is -0.142.